The number of nitrogens with one attached hydrogen (secondary N) is 2. The Morgan fingerprint density at radius 2 is 1.81 bits per heavy atom. The van der Waals surface area contributed by atoms with Crippen molar-refractivity contribution in [3.05, 3.63) is 72.4 Å². The second kappa shape index (κ2) is 11.2. The van der Waals surface area contributed by atoms with Gasteiger partial charge in [0.15, 0.2) is 5.75 Å². The van der Waals surface area contributed by atoms with Gasteiger partial charge in [-0.2, -0.15) is 0 Å². The number of benzene rings is 2. The van der Waals surface area contributed by atoms with Crippen LogP contribution in [0.3, 0.4) is 0 Å². The van der Waals surface area contributed by atoms with Crippen molar-refractivity contribution >= 4 is 22.9 Å². The molecule has 0 bridgehead atoms. The van der Waals surface area contributed by atoms with Crippen LogP contribution >= 0.6 is 0 Å². The molecule has 0 radical (unpaired) electrons. The number of aromatic nitrogens is 3. The number of H-pyrrole nitrogens is 1. The molecule has 36 heavy (non-hydrogen) atoms. The van der Waals surface area contributed by atoms with Crippen molar-refractivity contribution in [1.82, 2.24) is 24.8 Å². The summed E-state index contributed by atoms with van der Waals surface area (Å²) in [6.45, 7) is 7.45. The van der Waals surface area contributed by atoms with Crippen LogP contribution < -0.4 is 15.8 Å². The summed E-state index contributed by atoms with van der Waals surface area (Å²) in [6.07, 6.45) is 1.98. The van der Waals surface area contributed by atoms with E-state index in [4.69, 9.17) is 10.5 Å². The Bertz CT molecular complexity index is 1280. The number of nitrogens with two attached hydrogens (primary N) is 1. The van der Waals surface area contributed by atoms with E-state index in [0.717, 1.165) is 69.1 Å². The molecule has 9 heteroatoms. The molecule has 4 N–H and O–H groups in total. The lowest BCUT2D eigenvalue weighted by atomic mass is 10.2. The highest BCUT2D eigenvalue weighted by Crippen LogP contribution is 2.27. The van der Waals surface area contributed by atoms with Crippen molar-refractivity contribution in [2.75, 3.05) is 44.6 Å². The molecule has 2 aromatic heterocycles. The second-order valence-electron chi connectivity index (χ2n) is 8.97. The van der Waals surface area contributed by atoms with Crippen molar-refractivity contribution in [3.8, 4) is 17.1 Å². The van der Waals surface area contributed by atoms with Crippen LogP contribution in [0.1, 0.15) is 12.0 Å². The molecule has 0 saturated carbocycles. The van der Waals surface area contributed by atoms with Crippen molar-refractivity contribution in [2.24, 2.45) is 5.73 Å². The highest BCUT2D eigenvalue weighted by molar-refractivity contribution is 5.87. The third kappa shape index (κ3) is 5.99. The number of hydrogen-bond acceptors (Lipinski definition) is 7. The van der Waals surface area contributed by atoms with Gasteiger partial charge in [0.2, 0.25) is 0 Å². The van der Waals surface area contributed by atoms with E-state index >= 15 is 0 Å². The molecular formula is C27H31N7O2. The van der Waals surface area contributed by atoms with E-state index in [1.54, 1.807) is 18.3 Å². The number of hydrogen-bond donors (Lipinski definition) is 3. The lowest BCUT2D eigenvalue weighted by Gasteiger charge is -2.34. The van der Waals surface area contributed by atoms with Crippen LogP contribution in [0.2, 0.25) is 0 Å². The minimum Gasteiger partial charge on any atom is -0.408 e. The molecule has 1 aliphatic rings. The molecule has 1 fully saturated rings. The number of amides is 1. The van der Waals surface area contributed by atoms with Crippen molar-refractivity contribution < 1.29 is 9.53 Å². The zero-order chi connectivity index (χ0) is 24.7. The normalized spacial score (nSPS) is 14.7. The fraction of sp³-hybridized carbons (Fsp3) is 0.296. The van der Waals surface area contributed by atoms with Gasteiger partial charge in [-0.05, 0) is 42.8 Å². The smallest absolute Gasteiger partial charge is 0.408 e. The van der Waals surface area contributed by atoms with Crippen LogP contribution in [-0.4, -0.2) is 70.1 Å². The van der Waals surface area contributed by atoms with Crippen LogP contribution in [-0.2, 0) is 6.54 Å². The summed E-state index contributed by atoms with van der Waals surface area (Å²) in [4.78, 5) is 28.5. The number of nitrogens with zero attached hydrogens (tertiary/aromatic N) is 4. The van der Waals surface area contributed by atoms with Gasteiger partial charge < -0.3 is 25.7 Å². The van der Waals surface area contributed by atoms with Crippen molar-refractivity contribution in [1.29, 1.82) is 0 Å². The number of carbonyl (C=O) groups excluding carboxylic acids is 1. The lowest BCUT2D eigenvalue weighted by Crippen LogP contribution is -2.46. The molecule has 9 nitrogen and oxygen atoms in total. The number of imidazole rings is 1. The highest BCUT2D eigenvalue weighted by atomic mass is 16.5. The summed E-state index contributed by atoms with van der Waals surface area (Å²) < 4.78 is 5.05. The highest BCUT2D eigenvalue weighted by Gasteiger charge is 2.16. The van der Waals surface area contributed by atoms with Gasteiger partial charge >= 0.3 is 6.09 Å². The Kier molecular flexibility index (Phi) is 7.39. The zero-order valence-corrected chi connectivity index (χ0v) is 20.2. The third-order valence-corrected chi connectivity index (χ3v) is 6.39. The van der Waals surface area contributed by atoms with E-state index in [9.17, 15) is 4.79 Å². The number of pyridine rings is 1. The summed E-state index contributed by atoms with van der Waals surface area (Å²) >= 11 is 0. The van der Waals surface area contributed by atoms with E-state index in [1.807, 2.05) is 18.2 Å². The molecule has 0 unspecified atom stereocenters. The van der Waals surface area contributed by atoms with Gasteiger partial charge in [0.1, 0.15) is 17.2 Å². The van der Waals surface area contributed by atoms with E-state index in [2.05, 4.69) is 60.4 Å². The minimum absolute atomic E-state index is 0.325. The number of rotatable bonds is 9. The first kappa shape index (κ1) is 23.8. The number of anilines is 1. The number of fused-ring (bicyclic) bond motifs is 1. The predicted octanol–water partition coefficient (Wildman–Crippen LogP) is 3.70. The fourth-order valence-electron chi connectivity index (χ4n) is 4.50. The maximum absolute atomic E-state index is 11.1. The molecule has 0 spiro atoms. The molecule has 186 valence electrons. The Hall–Kier alpha value is -3.95. The summed E-state index contributed by atoms with van der Waals surface area (Å²) in [5.74, 6) is 1.81. The number of aromatic amines is 1. The van der Waals surface area contributed by atoms with E-state index < -0.39 is 6.09 Å². The van der Waals surface area contributed by atoms with E-state index in [-0.39, 0.29) is 0 Å². The zero-order valence-electron chi connectivity index (χ0n) is 20.2. The standard InChI is InChI=1S/C27H31N7O2/c28-27(35)36-23-9-4-8-22-25(23)32-26(31-22)21-10-11-24(30-18-21)29-12-5-13-33-14-16-34(17-15-33)19-20-6-2-1-3-7-20/h1-4,6-11,18H,5,12-17,19H2,(H2,28,35)(H,29,30)(H,31,32). The number of piperazine rings is 1. The molecule has 1 aliphatic heterocycles. The third-order valence-electron chi connectivity index (χ3n) is 6.39. The maximum atomic E-state index is 11.1. The van der Waals surface area contributed by atoms with Gasteiger partial charge in [-0.1, -0.05) is 36.4 Å². The first-order chi connectivity index (χ1) is 17.6. The first-order valence-corrected chi connectivity index (χ1v) is 12.3. The van der Waals surface area contributed by atoms with Crippen molar-refractivity contribution in [2.45, 2.75) is 13.0 Å². The SMILES string of the molecule is NC(=O)Oc1cccc2[nH]c(-c3ccc(NCCCN4CCN(Cc5ccccc5)CC4)nc3)nc12. The summed E-state index contributed by atoms with van der Waals surface area (Å²) in [6, 6.07) is 19.9. The molecule has 1 saturated heterocycles. The average Bonchev–Trinajstić information content (AvgIpc) is 3.34. The largest absolute Gasteiger partial charge is 0.410 e. The Morgan fingerprint density at radius 3 is 2.56 bits per heavy atom. The molecular weight excluding hydrogens is 454 g/mol. The second-order valence-corrected chi connectivity index (χ2v) is 8.97. The van der Waals surface area contributed by atoms with Gasteiger partial charge in [0.05, 0.1) is 5.52 Å². The molecule has 0 aliphatic carbocycles. The van der Waals surface area contributed by atoms with Crippen LogP contribution in [0.15, 0.2) is 66.9 Å². The molecule has 5 rings (SSSR count). The van der Waals surface area contributed by atoms with Gasteiger partial charge in [-0.25, -0.2) is 14.8 Å². The number of primary amides is 1. The Labute approximate surface area is 210 Å². The average molecular weight is 486 g/mol. The van der Waals surface area contributed by atoms with Gasteiger partial charge in [0, 0.05) is 51.0 Å². The lowest BCUT2D eigenvalue weighted by molar-refractivity contribution is 0.127. The fourth-order valence-corrected chi connectivity index (χ4v) is 4.50. The summed E-state index contributed by atoms with van der Waals surface area (Å²) in [5.41, 5.74) is 8.69. The summed E-state index contributed by atoms with van der Waals surface area (Å²) in [7, 11) is 0. The maximum Gasteiger partial charge on any atom is 0.410 e. The van der Waals surface area contributed by atoms with Gasteiger partial charge in [-0.3, -0.25) is 4.90 Å². The summed E-state index contributed by atoms with van der Waals surface area (Å²) in [5, 5.41) is 3.41. The predicted molar refractivity (Wildman–Crippen MR) is 141 cm³/mol. The topological polar surface area (TPSA) is 112 Å². The molecule has 0 atom stereocenters. The van der Waals surface area contributed by atoms with Crippen LogP contribution in [0, 0.1) is 0 Å². The minimum atomic E-state index is -0.866. The van der Waals surface area contributed by atoms with Gasteiger partial charge in [-0.15, -0.1) is 0 Å². The van der Waals surface area contributed by atoms with Crippen LogP contribution in [0.4, 0.5) is 10.6 Å². The molecule has 2 aromatic carbocycles. The van der Waals surface area contributed by atoms with E-state index in [0.29, 0.717) is 17.1 Å². The van der Waals surface area contributed by atoms with Crippen LogP contribution in [0.25, 0.3) is 22.4 Å². The Balaban J connectivity index is 1.07. The van der Waals surface area contributed by atoms with Crippen molar-refractivity contribution in [3.63, 3.8) is 0 Å². The molecule has 4 aromatic rings. The molecule has 1 amide bonds. The number of para-hydroxylation sites is 1. The van der Waals surface area contributed by atoms with Gasteiger partial charge in [0.25, 0.3) is 0 Å². The monoisotopic (exact) mass is 485 g/mol. The number of ether oxygens (including phenoxy) is 1. The Morgan fingerprint density at radius 1 is 1.00 bits per heavy atom. The number of carbonyl (C=O) groups is 1. The van der Waals surface area contributed by atoms with E-state index in [1.165, 1.54) is 5.56 Å². The molecule has 3 heterocycles. The first-order valence-electron chi connectivity index (χ1n) is 12.3. The van der Waals surface area contributed by atoms with Crippen LogP contribution in [0.5, 0.6) is 5.75 Å². The quantitative estimate of drug-likeness (QED) is 0.310.